The fraction of sp³-hybridized carbons (Fsp3) is 0.647. The van der Waals surface area contributed by atoms with Gasteiger partial charge in [-0.05, 0) is 73.9 Å². The highest BCUT2D eigenvalue weighted by Gasteiger charge is 2.17. The van der Waals surface area contributed by atoms with Gasteiger partial charge in [0.15, 0.2) is 0 Å². The van der Waals surface area contributed by atoms with Gasteiger partial charge in [-0.15, -0.1) is 0 Å². The predicted molar refractivity (Wildman–Crippen MR) is 81.1 cm³/mol. The first kappa shape index (κ1) is 14.4. The van der Waals surface area contributed by atoms with Crippen LogP contribution < -0.4 is 10.1 Å². The molecular weight excluding hydrogens is 234 g/mol. The number of piperidine rings is 1. The summed E-state index contributed by atoms with van der Waals surface area (Å²) >= 11 is 0. The van der Waals surface area contributed by atoms with Crippen LogP contribution in [0.1, 0.15) is 49.3 Å². The Labute approximate surface area is 117 Å². The summed E-state index contributed by atoms with van der Waals surface area (Å²) in [5, 5.41) is 3.44. The first-order chi connectivity index (χ1) is 9.11. The number of nitrogens with one attached hydrogen (secondary N) is 1. The molecule has 0 unspecified atom stereocenters. The molecule has 1 fully saturated rings. The summed E-state index contributed by atoms with van der Waals surface area (Å²) in [5.74, 6) is 2.40. The van der Waals surface area contributed by atoms with E-state index in [2.05, 4.69) is 38.2 Å². The van der Waals surface area contributed by atoms with E-state index in [0.717, 1.165) is 11.7 Å². The number of benzene rings is 1. The number of aryl methyl sites for hydroxylation is 1. The lowest BCUT2D eigenvalue weighted by molar-refractivity contribution is 0.371. The molecule has 1 aromatic carbocycles. The van der Waals surface area contributed by atoms with Crippen molar-refractivity contribution in [3.05, 3.63) is 28.8 Å². The normalized spacial score (nSPS) is 16.9. The van der Waals surface area contributed by atoms with E-state index < -0.39 is 0 Å². The van der Waals surface area contributed by atoms with Gasteiger partial charge in [0.1, 0.15) is 5.75 Å². The molecule has 106 valence electrons. The van der Waals surface area contributed by atoms with Crippen LogP contribution in [0.4, 0.5) is 0 Å². The van der Waals surface area contributed by atoms with E-state index >= 15 is 0 Å². The maximum absolute atomic E-state index is 5.52. The lowest BCUT2D eigenvalue weighted by Crippen LogP contribution is -2.28. The van der Waals surface area contributed by atoms with Gasteiger partial charge in [0.2, 0.25) is 0 Å². The van der Waals surface area contributed by atoms with Crippen molar-refractivity contribution in [3.63, 3.8) is 0 Å². The Hall–Kier alpha value is -1.02. The largest absolute Gasteiger partial charge is 0.496 e. The van der Waals surface area contributed by atoms with Crippen LogP contribution in [0.15, 0.2) is 12.1 Å². The Balaban J connectivity index is 2.21. The summed E-state index contributed by atoms with van der Waals surface area (Å²) in [4.78, 5) is 0. The van der Waals surface area contributed by atoms with Gasteiger partial charge in [-0.25, -0.2) is 0 Å². The maximum Gasteiger partial charge on any atom is 0.122 e. The monoisotopic (exact) mass is 261 g/mol. The molecule has 2 heteroatoms. The first-order valence-electron chi connectivity index (χ1n) is 7.50. The van der Waals surface area contributed by atoms with Crippen molar-refractivity contribution < 1.29 is 4.74 Å². The standard InChI is InChI=1S/C17H27NO/c1-12(2)16-11-15(13(3)9-17(16)19-4)10-14-5-7-18-8-6-14/h9,11-12,14,18H,5-8,10H2,1-4H3. The Kier molecular flexibility index (Phi) is 4.87. The van der Waals surface area contributed by atoms with Gasteiger partial charge in [-0.2, -0.15) is 0 Å². The molecule has 0 radical (unpaired) electrons. The molecule has 0 amide bonds. The average molecular weight is 261 g/mol. The molecule has 2 rings (SSSR count). The first-order valence-corrected chi connectivity index (χ1v) is 7.50. The molecule has 0 atom stereocenters. The van der Waals surface area contributed by atoms with E-state index in [4.69, 9.17) is 4.74 Å². The fourth-order valence-electron chi connectivity index (χ4n) is 2.99. The third kappa shape index (κ3) is 3.50. The average Bonchev–Trinajstić information content (AvgIpc) is 2.41. The Morgan fingerprint density at radius 2 is 1.95 bits per heavy atom. The third-order valence-electron chi connectivity index (χ3n) is 4.28. The van der Waals surface area contributed by atoms with Crippen molar-refractivity contribution in [1.82, 2.24) is 5.32 Å². The highest BCUT2D eigenvalue weighted by atomic mass is 16.5. The van der Waals surface area contributed by atoms with E-state index in [-0.39, 0.29) is 0 Å². The van der Waals surface area contributed by atoms with Crippen molar-refractivity contribution in [3.8, 4) is 5.75 Å². The SMILES string of the molecule is COc1cc(C)c(CC2CCNCC2)cc1C(C)C. The van der Waals surface area contributed by atoms with Crippen molar-refractivity contribution in [1.29, 1.82) is 0 Å². The summed E-state index contributed by atoms with van der Waals surface area (Å²) in [5.41, 5.74) is 4.23. The van der Waals surface area contributed by atoms with Crippen molar-refractivity contribution in [2.45, 2.75) is 46.0 Å². The second-order valence-electron chi connectivity index (χ2n) is 6.07. The number of hydrogen-bond acceptors (Lipinski definition) is 2. The summed E-state index contributed by atoms with van der Waals surface area (Å²) < 4.78 is 5.52. The molecule has 0 spiro atoms. The Morgan fingerprint density at radius 1 is 1.26 bits per heavy atom. The quantitative estimate of drug-likeness (QED) is 0.893. The molecule has 1 N–H and O–H groups in total. The van der Waals surface area contributed by atoms with Gasteiger partial charge in [-0.1, -0.05) is 19.9 Å². The molecule has 1 saturated heterocycles. The second kappa shape index (κ2) is 6.42. The van der Waals surface area contributed by atoms with E-state index in [9.17, 15) is 0 Å². The molecule has 1 aliphatic rings. The van der Waals surface area contributed by atoms with Crippen LogP contribution in [0.5, 0.6) is 5.75 Å². The van der Waals surface area contributed by atoms with Crippen LogP contribution in [0.3, 0.4) is 0 Å². The van der Waals surface area contributed by atoms with Crippen molar-refractivity contribution >= 4 is 0 Å². The van der Waals surface area contributed by atoms with Crippen LogP contribution in [0, 0.1) is 12.8 Å². The highest BCUT2D eigenvalue weighted by Crippen LogP contribution is 2.31. The van der Waals surface area contributed by atoms with E-state index in [0.29, 0.717) is 5.92 Å². The van der Waals surface area contributed by atoms with Gasteiger partial charge < -0.3 is 10.1 Å². The molecule has 19 heavy (non-hydrogen) atoms. The molecule has 1 aliphatic heterocycles. The summed E-state index contributed by atoms with van der Waals surface area (Å²) in [6, 6.07) is 4.59. The number of methoxy groups -OCH3 is 1. The van der Waals surface area contributed by atoms with Crippen LogP contribution in [0.25, 0.3) is 0 Å². The smallest absolute Gasteiger partial charge is 0.122 e. The van der Waals surface area contributed by atoms with Gasteiger partial charge in [0.05, 0.1) is 7.11 Å². The second-order valence-corrected chi connectivity index (χ2v) is 6.07. The minimum Gasteiger partial charge on any atom is -0.496 e. The van der Waals surface area contributed by atoms with E-state index in [1.807, 2.05) is 0 Å². The summed E-state index contributed by atoms with van der Waals surface area (Å²) in [7, 11) is 1.77. The minimum absolute atomic E-state index is 0.516. The molecule has 0 aliphatic carbocycles. The summed E-state index contributed by atoms with van der Waals surface area (Å²) in [6.45, 7) is 9.04. The van der Waals surface area contributed by atoms with Crippen LogP contribution in [-0.4, -0.2) is 20.2 Å². The van der Waals surface area contributed by atoms with Crippen molar-refractivity contribution in [2.75, 3.05) is 20.2 Å². The Bertz CT molecular complexity index is 420. The lowest BCUT2D eigenvalue weighted by Gasteiger charge is -2.24. The van der Waals surface area contributed by atoms with Crippen LogP contribution >= 0.6 is 0 Å². The third-order valence-corrected chi connectivity index (χ3v) is 4.28. The zero-order valence-corrected chi connectivity index (χ0v) is 12.8. The molecule has 0 aromatic heterocycles. The number of rotatable bonds is 4. The van der Waals surface area contributed by atoms with Crippen molar-refractivity contribution in [2.24, 2.45) is 5.92 Å². The molecule has 0 saturated carbocycles. The highest BCUT2D eigenvalue weighted by molar-refractivity contribution is 5.44. The predicted octanol–water partition coefficient (Wildman–Crippen LogP) is 3.67. The minimum atomic E-state index is 0.516. The summed E-state index contributed by atoms with van der Waals surface area (Å²) in [6.07, 6.45) is 3.84. The van der Waals surface area contributed by atoms with E-state index in [1.54, 1.807) is 7.11 Å². The van der Waals surface area contributed by atoms with Gasteiger partial charge in [0, 0.05) is 0 Å². The molecule has 1 aromatic rings. The Morgan fingerprint density at radius 3 is 2.53 bits per heavy atom. The molecule has 1 heterocycles. The molecule has 2 nitrogen and oxygen atoms in total. The number of ether oxygens (including phenoxy) is 1. The van der Waals surface area contributed by atoms with E-state index in [1.165, 1.54) is 49.0 Å². The molecule has 0 bridgehead atoms. The topological polar surface area (TPSA) is 21.3 Å². The number of hydrogen-bond donors (Lipinski definition) is 1. The van der Waals surface area contributed by atoms with Gasteiger partial charge >= 0.3 is 0 Å². The van der Waals surface area contributed by atoms with Gasteiger partial charge in [0.25, 0.3) is 0 Å². The molecular formula is C17H27NO. The zero-order valence-electron chi connectivity index (χ0n) is 12.8. The lowest BCUT2D eigenvalue weighted by atomic mass is 9.87. The van der Waals surface area contributed by atoms with Gasteiger partial charge in [-0.3, -0.25) is 0 Å². The van der Waals surface area contributed by atoms with Crippen LogP contribution in [-0.2, 0) is 6.42 Å². The fourth-order valence-corrected chi connectivity index (χ4v) is 2.99. The maximum atomic E-state index is 5.52. The zero-order chi connectivity index (χ0) is 13.8. The van der Waals surface area contributed by atoms with Crippen LogP contribution in [0.2, 0.25) is 0 Å².